The standard InChI is InChI=1S/C17H20NO2/c1-4-13(2)14-5-7-15(8-6-14)18(19)16-9-11-17(20-3)12-10-16/h5-13H,4H2,1-3H3. The topological polar surface area (TPSA) is 32.4 Å². The van der Waals surface area contributed by atoms with Gasteiger partial charge in [-0.25, -0.2) is 0 Å². The van der Waals surface area contributed by atoms with Crippen LogP contribution in [0.5, 0.6) is 5.75 Å². The van der Waals surface area contributed by atoms with E-state index in [1.165, 1.54) is 5.56 Å². The number of hydrogen-bond acceptors (Lipinski definition) is 2. The van der Waals surface area contributed by atoms with Gasteiger partial charge in [0.05, 0.1) is 18.5 Å². The quantitative estimate of drug-likeness (QED) is 0.738. The minimum Gasteiger partial charge on any atom is -0.497 e. The van der Waals surface area contributed by atoms with Gasteiger partial charge in [0.2, 0.25) is 0 Å². The van der Waals surface area contributed by atoms with Gasteiger partial charge in [0.25, 0.3) is 0 Å². The van der Waals surface area contributed by atoms with E-state index in [1.54, 1.807) is 31.4 Å². The number of rotatable bonds is 5. The highest BCUT2D eigenvalue weighted by Crippen LogP contribution is 2.27. The Morgan fingerprint density at radius 2 is 1.50 bits per heavy atom. The first-order valence-electron chi connectivity index (χ1n) is 6.87. The Kier molecular flexibility index (Phi) is 4.64. The molecule has 0 N–H and O–H groups in total. The number of benzene rings is 2. The summed E-state index contributed by atoms with van der Waals surface area (Å²) in [7, 11) is 1.61. The van der Waals surface area contributed by atoms with Crippen molar-refractivity contribution in [2.24, 2.45) is 0 Å². The molecule has 0 saturated heterocycles. The van der Waals surface area contributed by atoms with Crippen LogP contribution in [0.1, 0.15) is 31.7 Å². The zero-order valence-corrected chi connectivity index (χ0v) is 12.2. The Morgan fingerprint density at radius 3 is 1.95 bits per heavy atom. The lowest BCUT2D eigenvalue weighted by molar-refractivity contribution is 0.196. The number of anilines is 2. The molecule has 0 aliphatic rings. The summed E-state index contributed by atoms with van der Waals surface area (Å²) in [6.45, 7) is 4.35. The third-order valence-electron chi connectivity index (χ3n) is 3.62. The SMILES string of the molecule is CCC(C)c1ccc(N([O])c2ccc(OC)cc2)cc1. The smallest absolute Gasteiger partial charge is 0.119 e. The second-order valence-corrected chi connectivity index (χ2v) is 4.89. The molecular formula is C17H20NO2. The van der Waals surface area contributed by atoms with Crippen LogP contribution in [0.3, 0.4) is 0 Å². The van der Waals surface area contributed by atoms with E-state index in [9.17, 15) is 5.21 Å². The molecule has 0 spiro atoms. The average molecular weight is 270 g/mol. The molecule has 0 amide bonds. The van der Waals surface area contributed by atoms with Gasteiger partial charge in [-0.2, -0.15) is 5.06 Å². The third-order valence-corrected chi connectivity index (χ3v) is 3.62. The molecule has 20 heavy (non-hydrogen) atoms. The van der Waals surface area contributed by atoms with Gasteiger partial charge in [-0.15, -0.1) is 0 Å². The fraction of sp³-hybridized carbons (Fsp3) is 0.294. The predicted molar refractivity (Wildman–Crippen MR) is 81.0 cm³/mol. The van der Waals surface area contributed by atoms with Crippen LogP contribution in [0.15, 0.2) is 48.5 Å². The first kappa shape index (κ1) is 14.4. The fourth-order valence-electron chi connectivity index (χ4n) is 2.04. The van der Waals surface area contributed by atoms with Crippen molar-refractivity contribution in [3.05, 3.63) is 54.1 Å². The Bertz CT molecular complexity index is 534. The molecule has 1 radical (unpaired) electrons. The Balaban J connectivity index is 2.17. The van der Waals surface area contributed by atoms with Crippen molar-refractivity contribution in [2.45, 2.75) is 26.2 Å². The van der Waals surface area contributed by atoms with Crippen molar-refractivity contribution < 1.29 is 9.94 Å². The van der Waals surface area contributed by atoms with Crippen molar-refractivity contribution in [1.29, 1.82) is 0 Å². The molecule has 105 valence electrons. The van der Waals surface area contributed by atoms with Crippen molar-refractivity contribution in [1.82, 2.24) is 0 Å². The molecule has 0 heterocycles. The molecular weight excluding hydrogens is 250 g/mol. The summed E-state index contributed by atoms with van der Waals surface area (Å²) < 4.78 is 5.09. The highest BCUT2D eigenvalue weighted by atomic mass is 16.5. The van der Waals surface area contributed by atoms with Crippen molar-refractivity contribution in [2.75, 3.05) is 12.2 Å². The normalized spacial score (nSPS) is 12.0. The summed E-state index contributed by atoms with van der Waals surface area (Å²) in [5.41, 5.74) is 2.50. The zero-order valence-electron chi connectivity index (χ0n) is 12.2. The Labute approximate surface area is 120 Å². The molecule has 2 rings (SSSR count). The zero-order chi connectivity index (χ0) is 14.5. The van der Waals surface area contributed by atoms with Crippen LogP contribution < -0.4 is 9.80 Å². The summed E-state index contributed by atoms with van der Waals surface area (Å²) in [6.07, 6.45) is 1.10. The van der Waals surface area contributed by atoms with Gasteiger partial charge in [0.15, 0.2) is 0 Å². The van der Waals surface area contributed by atoms with Crippen LogP contribution >= 0.6 is 0 Å². The number of hydrogen-bond donors (Lipinski definition) is 0. The van der Waals surface area contributed by atoms with Gasteiger partial charge < -0.3 is 4.74 Å². The van der Waals surface area contributed by atoms with Crippen LogP contribution in [-0.2, 0) is 5.21 Å². The molecule has 3 heteroatoms. The maximum Gasteiger partial charge on any atom is 0.119 e. The van der Waals surface area contributed by atoms with Crippen LogP contribution in [0.4, 0.5) is 11.4 Å². The summed E-state index contributed by atoms with van der Waals surface area (Å²) in [5.74, 6) is 1.26. The van der Waals surface area contributed by atoms with E-state index in [1.807, 2.05) is 24.3 Å². The first-order valence-corrected chi connectivity index (χ1v) is 6.87. The lowest BCUT2D eigenvalue weighted by atomic mass is 9.98. The minimum atomic E-state index is 0.519. The molecule has 0 aliphatic heterocycles. The second kappa shape index (κ2) is 6.44. The van der Waals surface area contributed by atoms with Crippen molar-refractivity contribution in [3.8, 4) is 5.75 Å². The van der Waals surface area contributed by atoms with Gasteiger partial charge >= 0.3 is 0 Å². The Morgan fingerprint density at radius 1 is 1.00 bits per heavy atom. The molecule has 2 aromatic rings. The predicted octanol–water partition coefficient (Wildman–Crippen LogP) is 4.69. The highest BCUT2D eigenvalue weighted by molar-refractivity contribution is 5.61. The van der Waals surface area contributed by atoms with Crippen LogP contribution in [0.25, 0.3) is 0 Å². The summed E-state index contributed by atoms with van der Waals surface area (Å²) in [6, 6.07) is 14.9. The molecule has 1 unspecified atom stereocenters. The molecule has 2 aromatic carbocycles. The van der Waals surface area contributed by atoms with Crippen LogP contribution in [0, 0.1) is 0 Å². The Hall–Kier alpha value is -2.00. The maximum atomic E-state index is 12.3. The van der Waals surface area contributed by atoms with E-state index in [-0.39, 0.29) is 0 Å². The van der Waals surface area contributed by atoms with E-state index < -0.39 is 0 Å². The number of nitrogens with zero attached hydrogens (tertiary/aromatic N) is 1. The average Bonchev–Trinajstić information content (AvgIpc) is 2.53. The van der Waals surface area contributed by atoms with Gasteiger partial charge in [-0.05, 0) is 54.3 Å². The molecule has 1 atom stereocenters. The summed E-state index contributed by atoms with van der Waals surface area (Å²) in [5, 5.41) is 13.2. The van der Waals surface area contributed by atoms with Gasteiger partial charge in [0, 0.05) is 0 Å². The van der Waals surface area contributed by atoms with E-state index in [4.69, 9.17) is 4.74 Å². The monoisotopic (exact) mass is 270 g/mol. The maximum absolute atomic E-state index is 12.3. The fourth-order valence-corrected chi connectivity index (χ4v) is 2.04. The summed E-state index contributed by atoms with van der Waals surface area (Å²) >= 11 is 0. The van der Waals surface area contributed by atoms with Crippen molar-refractivity contribution in [3.63, 3.8) is 0 Å². The van der Waals surface area contributed by atoms with Gasteiger partial charge in [-0.1, -0.05) is 31.2 Å². The second-order valence-electron chi connectivity index (χ2n) is 4.89. The van der Waals surface area contributed by atoms with Crippen LogP contribution in [0.2, 0.25) is 0 Å². The number of ether oxygens (including phenoxy) is 1. The third kappa shape index (κ3) is 3.11. The minimum absolute atomic E-state index is 0.519. The van der Waals surface area contributed by atoms with Crippen LogP contribution in [-0.4, -0.2) is 7.11 Å². The van der Waals surface area contributed by atoms with E-state index >= 15 is 0 Å². The lowest BCUT2D eigenvalue weighted by Gasteiger charge is -2.16. The van der Waals surface area contributed by atoms with Gasteiger partial charge in [-0.3, -0.25) is 0 Å². The van der Waals surface area contributed by atoms with E-state index in [2.05, 4.69) is 13.8 Å². The summed E-state index contributed by atoms with van der Waals surface area (Å²) in [4.78, 5) is 0. The molecule has 0 aromatic heterocycles. The van der Waals surface area contributed by atoms with E-state index in [0.29, 0.717) is 17.3 Å². The number of methoxy groups -OCH3 is 1. The molecule has 0 aliphatic carbocycles. The largest absolute Gasteiger partial charge is 0.497 e. The molecule has 0 saturated carbocycles. The first-order chi connectivity index (χ1) is 9.65. The molecule has 0 bridgehead atoms. The molecule has 0 fully saturated rings. The van der Waals surface area contributed by atoms with Gasteiger partial charge in [0.1, 0.15) is 5.75 Å². The lowest BCUT2D eigenvalue weighted by Crippen LogP contribution is -2.08. The molecule has 3 nitrogen and oxygen atoms in total. The van der Waals surface area contributed by atoms with E-state index in [0.717, 1.165) is 17.2 Å². The highest BCUT2D eigenvalue weighted by Gasteiger charge is 2.09. The van der Waals surface area contributed by atoms with Crippen molar-refractivity contribution >= 4 is 11.4 Å².